The summed E-state index contributed by atoms with van der Waals surface area (Å²) in [7, 11) is 0. The number of halogens is 1. The SMILES string of the molecule is CCc1ccc(N2CCN(C(=O)NCc3ccc(Cl)cc3)CC2)cc1. The number of carbonyl (C=O) groups excluding carboxylic acids is 1. The van der Waals surface area contributed by atoms with Crippen LogP contribution in [0.5, 0.6) is 0 Å². The standard InChI is InChI=1S/C20H24ClN3O/c1-2-16-5-9-19(10-6-16)23-11-13-24(14-12-23)20(25)22-15-17-3-7-18(21)8-4-17/h3-10H,2,11-15H2,1H3,(H,22,25). The first-order chi connectivity index (χ1) is 12.2. The van der Waals surface area contributed by atoms with E-state index in [2.05, 4.69) is 41.4 Å². The first kappa shape index (κ1) is 17.6. The normalized spacial score (nSPS) is 14.5. The molecule has 1 saturated heterocycles. The van der Waals surface area contributed by atoms with Crippen LogP contribution in [0.25, 0.3) is 0 Å². The molecule has 2 aromatic carbocycles. The molecule has 0 atom stereocenters. The van der Waals surface area contributed by atoms with Crippen LogP contribution in [0.15, 0.2) is 48.5 Å². The number of urea groups is 1. The van der Waals surface area contributed by atoms with E-state index in [1.165, 1.54) is 11.3 Å². The first-order valence-corrected chi connectivity index (χ1v) is 9.14. The molecule has 1 fully saturated rings. The molecule has 1 aliphatic heterocycles. The number of nitrogens with zero attached hydrogens (tertiary/aromatic N) is 2. The summed E-state index contributed by atoms with van der Waals surface area (Å²) in [5, 5.41) is 3.69. The minimum absolute atomic E-state index is 0.00377. The number of aryl methyl sites for hydroxylation is 1. The second-order valence-corrected chi connectivity index (χ2v) is 6.72. The van der Waals surface area contributed by atoms with Gasteiger partial charge in [0, 0.05) is 43.4 Å². The van der Waals surface area contributed by atoms with E-state index >= 15 is 0 Å². The fraction of sp³-hybridized carbons (Fsp3) is 0.350. The predicted molar refractivity (Wildman–Crippen MR) is 103 cm³/mol. The third kappa shape index (κ3) is 4.67. The van der Waals surface area contributed by atoms with Gasteiger partial charge in [-0.1, -0.05) is 42.8 Å². The van der Waals surface area contributed by atoms with Crippen LogP contribution in [0.2, 0.25) is 5.02 Å². The van der Waals surface area contributed by atoms with Crippen molar-refractivity contribution < 1.29 is 4.79 Å². The van der Waals surface area contributed by atoms with Crippen LogP contribution in [0.3, 0.4) is 0 Å². The van der Waals surface area contributed by atoms with Crippen LogP contribution in [0.1, 0.15) is 18.1 Å². The molecular weight excluding hydrogens is 334 g/mol. The second-order valence-electron chi connectivity index (χ2n) is 6.28. The van der Waals surface area contributed by atoms with Gasteiger partial charge in [-0.2, -0.15) is 0 Å². The van der Waals surface area contributed by atoms with Crippen molar-refractivity contribution in [2.24, 2.45) is 0 Å². The number of carbonyl (C=O) groups is 1. The summed E-state index contributed by atoms with van der Waals surface area (Å²) >= 11 is 5.88. The Balaban J connectivity index is 1.47. The highest BCUT2D eigenvalue weighted by atomic mass is 35.5. The summed E-state index contributed by atoms with van der Waals surface area (Å²) in [6.07, 6.45) is 1.06. The molecule has 1 aliphatic rings. The summed E-state index contributed by atoms with van der Waals surface area (Å²) in [6, 6.07) is 16.2. The zero-order valence-electron chi connectivity index (χ0n) is 14.5. The highest BCUT2D eigenvalue weighted by Gasteiger charge is 2.21. The van der Waals surface area contributed by atoms with E-state index in [-0.39, 0.29) is 6.03 Å². The predicted octanol–water partition coefficient (Wildman–Crippen LogP) is 3.93. The Bertz CT molecular complexity index is 692. The maximum absolute atomic E-state index is 12.3. The lowest BCUT2D eigenvalue weighted by atomic mass is 10.1. The van der Waals surface area contributed by atoms with Crippen LogP contribution in [-0.4, -0.2) is 37.1 Å². The van der Waals surface area contributed by atoms with E-state index in [0.717, 1.165) is 38.2 Å². The van der Waals surface area contributed by atoms with Gasteiger partial charge in [-0.3, -0.25) is 0 Å². The Kier molecular flexibility index (Phi) is 5.82. The molecule has 4 nitrogen and oxygen atoms in total. The van der Waals surface area contributed by atoms with Gasteiger partial charge in [0.05, 0.1) is 0 Å². The van der Waals surface area contributed by atoms with E-state index < -0.39 is 0 Å². The molecule has 0 aromatic heterocycles. The number of nitrogens with one attached hydrogen (secondary N) is 1. The number of rotatable bonds is 4. The van der Waals surface area contributed by atoms with Gasteiger partial charge in [0.25, 0.3) is 0 Å². The van der Waals surface area contributed by atoms with Gasteiger partial charge >= 0.3 is 6.03 Å². The van der Waals surface area contributed by atoms with Crippen molar-refractivity contribution in [2.75, 3.05) is 31.1 Å². The fourth-order valence-electron chi connectivity index (χ4n) is 3.00. The minimum atomic E-state index is -0.00377. The molecule has 0 aliphatic carbocycles. The summed E-state index contributed by atoms with van der Waals surface area (Å²) in [5.41, 5.74) is 3.63. The third-order valence-corrected chi connectivity index (χ3v) is 4.89. The number of piperazine rings is 1. The van der Waals surface area contributed by atoms with Gasteiger partial charge in [-0.25, -0.2) is 4.79 Å². The Morgan fingerprint density at radius 1 is 0.960 bits per heavy atom. The Morgan fingerprint density at radius 3 is 2.16 bits per heavy atom. The maximum atomic E-state index is 12.3. The monoisotopic (exact) mass is 357 g/mol. The number of hydrogen-bond donors (Lipinski definition) is 1. The van der Waals surface area contributed by atoms with Crippen molar-refractivity contribution in [1.29, 1.82) is 0 Å². The molecule has 1 N–H and O–H groups in total. The van der Waals surface area contributed by atoms with E-state index in [4.69, 9.17) is 11.6 Å². The average Bonchev–Trinajstić information content (AvgIpc) is 2.67. The van der Waals surface area contributed by atoms with Crippen molar-refractivity contribution in [2.45, 2.75) is 19.9 Å². The topological polar surface area (TPSA) is 35.6 Å². The molecule has 3 rings (SSSR count). The quantitative estimate of drug-likeness (QED) is 0.899. The molecule has 0 saturated carbocycles. The first-order valence-electron chi connectivity index (χ1n) is 8.77. The molecule has 2 aromatic rings. The van der Waals surface area contributed by atoms with Gasteiger partial charge in [0.1, 0.15) is 0 Å². The van der Waals surface area contributed by atoms with Gasteiger partial charge in [-0.05, 0) is 41.8 Å². The maximum Gasteiger partial charge on any atom is 0.317 e. The number of amides is 2. The number of benzene rings is 2. The van der Waals surface area contributed by atoms with Crippen molar-refractivity contribution in [1.82, 2.24) is 10.2 Å². The Morgan fingerprint density at radius 2 is 1.56 bits per heavy atom. The fourth-order valence-corrected chi connectivity index (χ4v) is 3.13. The third-order valence-electron chi connectivity index (χ3n) is 4.63. The smallest absolute Gasteiger partial charge is 0.317 e. The van der Waals surface area contributed by atoms with Gasteiger partial charge < -0.3 is 15.1 Å². The molecule has 1 heterocycles. The van der Waals surface area contributed by atoms with E-state index in [9.17, 15) is 4.79 Å². The zero-order valence-corrected chi connectivity index (χ0v) is 15.3. The summed E-state index contributed by atoms with van der Waals surface area (Å²) in [6.45, 7) is 5.88. The molecular formula is C20H24ClN3O. The van der Waals surface area contributed by atoms with Gasteiger partial charge in [0.2, 0.25) is 0 Å². The molecule has 25 heavy (non-hydrogen) atoms. The van der Waals surface area contributed by atoms with E-state index in [1.807, 2.05) is 29.2 Å². The number of anilines is 1. The van der Waals surface area contributed by atoms with Crippen LogP contribution < -0.4 is 10.2 Å². The van der Waals surface area contributed by atoms with Gasteiger partial charge in [0.15, 0.2) is 0 Å². The average molecular weight is 358 g/mol. The summed E-state index contributed by atoms with van der Waals surface area (Å²) < 4.78 is 0. The highest BCUT2D eigenvalue weighted by molar-refractivity contribution is 6.30. The highest BCUT2D eigenvalue weighted by Crippen LogP contribution is 2.17. The van der Waals surface area contributed by atoms with Crippen LogP contribution >= 0.6 is 11.6 Å². The van der Waals surface area contributed by atoms with Crippen molar-refractivity contribution >= 4 is 23.3 Å². The largest absolute Gasteiger partial charge is 0.368 e. The van der Waals surface area contributed by atoms with Crippen LogP contribution in [0.4, 0.5) is 10.5 Å². The summed E-state index contributed by atoms with van der Waals surface area (Å²) in [4.78, 5) is 16.6. The van der Waals surface area contributed by atoms with E-state index in [0.29, 0.717) is 11.6 Å². The summed E-state index contributed by atoms with van der Waals surface area (Å²) in [5.74, 6) is 0. The zero-order chi connectivity index (χ0) is 17.6. The lowest BCUT2D eigenvalue weighted by molar-refractivity contribution is 0.194. The molecule has 0 radical (unpaired) electrons. The molecule has 0 unspecified atom stereocenters. The number of hydrogen-bond acceptors (Lipinski definition) is 2. The van der Waals surface area contributed by atoms with Crippen LogP contribution in [0, 0.1) is 0 Å². The van der Waals surface area contributed by atoms with Crippen molar-refractivity contribution in [3.05, 3.63) is 64.7 Å². The molecule has 0 spiro atoms. The van der Waals surface area contributed by atoms with Crippen LogP contribution in [-0.2, 0) is 13.0 Å². The van der Waals surface area contributed by atoms with Crippen molar-refractivity contribution in [3.63, 3.8) is 0 Å². The molecule has 0 bridgehead atoms. The molecule has 2 amide bonds. The lowest BCUT2D eigenvalue weighted by Gasteiger charge is -2.36. The lowest BCUT2D eigenvalue weighted by Crippen LogP contribution is -2.51. The Hall–Kier alpha value is -2.20. The second kappa shape index (κ2) is 8.26. The molecule has 132 valence electrons. The minimum Gasteiger partial charge on any atom is -0.368 e. The van der Waals surface area contributed by atoms with E-state index in [1.54, 1.807) is 0 Å². The Labute approximate surface area is 154 Å². The molecule has 5 heteroatoms. The van der Waals surface area contributed by atoms with Crippen molar-refractivity contribution in [3.8, 4) is 0 Å². The van der Waals surface area contributed by atoms with Gasteiger partial charge in [-0.15, -0.1) is 0 Å².